The van der Waals surface area contributed by atoms with Crippen LogP contribution in [0.4, 0.5) is 0 Å². The predicted molar refractivity (Wildman–Crippen MR) is 77.0 cm³/mol. The summed E-state index contributed by atoms with van der Waals surface area (Å²) in [6.07, 6.45) is 8.66. The van der Waals surface area contributed by atoms with Crippen molar-refractivity contribution in [2.75, 3.05) is 0 Å². The summed E-state index contributed by atoms with van der Waals surface area (Å²) in [6, 6.07) is 10.9. The Labute approximate surface area is 114 Å². The number of furan rings is 1. The molecular weight excluding hydrogens is 234 g/mol. The molecule has 1 unspecified atom stereocenters. The zero-order valence-corrected chi connectivity index (χ0v) is 11.3. The molecule has 0 saturated heterocycles. The highest BCUT2D eigenvalue weighted by Gasteiger charge is 2.13. The van der Waals surface area contributed by atoms with E-state index in [1.807, 2.05) is 12.1 Å². The van der Waals surface area contributed by atoms with E-state index in [9.17, 15) is 0 Å². The highest BCUT2D eigenvalue weighted by atomic mass is 16.3. The molecule has 1 aromatic carbocycles. The van der Waals surface area contributed by atoms with Crippen LogP contribution in [0.25, 0.3) is 0 Å². The quantitative estimate of drug-likeness (QED) is 0.902. The highest BCUT2D eigenvalue weighted by Crippen LogP contribution is 2.25. The molecule has 1 atom stereocenters. The lowest BCUT2D eigenvalue weighted by Gasteiger charge is -2.19. The maximum Gasteiger partial charge on any atom is 0.103 e. The van der Waals surface area contributed by atoms with Gasteiger partial charge >= 0.3 is 0 Å². The number of rotatable bonds is 4. The third-order valence-electron chi connectivity index (χ3n) is 4.08. The molecule has 2 heteroatoms. The van der Waals surface area contributed by atoms with Gasteiger partial charge in [0.05, 0.1) is 6.26 Å². The van der Waals surface area contributed by atoms with Crippen molar-refractivity contribution in [2.45, 2.75) is 44.6 Å². The summed E-state index contributed by atoms with van der Waals surface area (Å²) >= 11 is 0. The number of hydrogen-bond donors (Lipinski definition) is 1. The van der Waals surface area contributed by atoms with Crippen LogP contribution >= 0.6 is 0 Å². The number of aryl methyl sites for hydroxylation is 3. The van der Waals surface area contributed by atoms with Crippen LogP contribution in [-0.2, 0) is 19.3 Å². The topological polar surface area (TPSA) is 39.2 Å². The molecule has 0 radical (unpaired) electrons. The van der Waals surface area contributed by atoms with Crippen molar-refractivity contribution in [2.24, 2.45) is 5.73 Å². The van der Waals surface area contributed by atoms with Gasteiger partial charge in [-0.25, -0.2) is 0 Å². The standard InChI is InChI=1S/C17H21NO/c18-17(10-9-16-6-3-11-19-16)15-8-7-13-4-1-2-5-14(13)12-15/h3,6-8,11-12,17H,1-2,4-5,9-10,18H2. The van der Waals surface area contributed by atoms with Crippen LogP contribution in [0, 0.1) is 0 Å². The molecule has 1 aliphatic carbocycles. The molecule has 0 fully saturated rings. The summed E-state index contributed by atoms with van der Waals surface area (Å²) < 4.78 is 5.35. The van der Waals surface area contributed by atoms with Crippen LogP contribution in [-0.4, -0.2) is 0 Å². The summed E-state index contributed by atoms with van der Waals surface area (Å²) in [7, 11) is 0. The molecule has 19 heavy (non-hydrogen) atoms. The van der Waals surface area contributed by atoms with E-state index in [2.05, 4.69) is 18.2 Å². The van der Waals surface area contributed by atoms with Gasteiger partial charge in [-0.3, -0.25) is 0 Å². The van der Waals surface area contributed by atoms with E-state index < -0.39 is 0 Å². The average Bonchev–Trinajstić information content (AvgIpc) is 2.97. The third kappa shape index (κ3) is 2.90. The maximum absolute atomic E-state index is 6.30. The smallest absolute Gasteiger partial charge is 0.103 e. The minimum atomic E-state index is 0.109. The molecule has 1 aromatic heterocycles. The minimum absolute atomic E-state index is 0.109. The van der Waals surface area contributed by atoms with Crippen molar-refractivity contribution in [1.82, 2.24) is 0 Å². The van der Waals surface area contributed by atoms with Gasteiger partial charge < -0.3 is 10.2 Å². The van der Waals surface area contributed by atoms with E-state index in [0.29, 0.717) is 0 Å². The van der Waals surface area contributed by atoms with Gasteiger partial charge in [0.1, 0.15) is 5.76 Å². The lowest BCUT2D eigenvalue weighted by atomic mass is 9.88. The number of hydrogen-bond acceptors (Lipinski definition) is 2. The second kappa shape index (κ2) is 5.62. The van der Waals surface area contributed by atoms with Crippen LogP contribution < -0.4 is 5.73 Å². The lowest BCUT2D eigenvalue weighted by molar-refractivity contribution is 0.488. The Bertz CT molecular complexity index is 530. The van der Waals surface area contributed by atoms with E-state index in [0.717, 1.165) is 18.6 Å². The first-order chi connectivity index (χ1) is 9.33. The molecule has 100 valence electrons. The second-order valence-corrected chi connectivity index (χ2v) is 5.46. The molecule has 1 aliphatic rings. The van der Waals surface area contributed by atoms with E-state index >= 15 is 0 Å². The largest absolute Gasteiger partial charge is 0.469 e. The molecule has 2 N–H and O–H groups in total. The number of nitrogens with two attached hydrogens (primary N) is 1. The Morgan fingerprint density at radius 1 is 1.11 bits per heavy atom. The predicted octanol–water partition coefficient (Wildman–Crippen LogP) is 3.79. The van der Waals surface area contributed by atoms with Crippen LogP contribution in [0.2, 0.25) is 0 Å². The zero-order chi connectivity index (χ0) is 13.1. The molecule has 0 aliphatic heterocycles. The monoisotopic (exact) mass is 255 g/mol. The first-order valence-corrected chi connectivity index (χ1v) is 7.22. The minimum Gasteiger partial charge on any atom is -0.469 e. The summed E-state index contributed by atoms with van der Waals surface area (Å²) in [5.41, 5.74) is 10.6. The maximum atomic E-state index is 6.30. The van der Waals surface area contributed by atoms with Gasteiger partial charge in [0.15, 0.2) is 0 Å². The fourth-order valence-corrected chi connectivity index (χ4v) is 2.90. The molecule has 1 heterocycles. The van der Waals surface area contributed by atoms with Crippen LogP contribution in [0.15, 0.2) is 41.0 Å². The molecule has 3 rings (SSSR count). The van der Waals surface area contributed by atoms with Crippen LogP contribution in [0.3, 0.4) is 0 Å². The van der Waals surface area contributed by atoms with Gasteiger partial charge in [0.2, 0.25) is 0 Å². The molecule has 0 spiro atoms. The molecule has 0 amide bonds. The van der Waals surface area contributed by atoms with Gasteiger partial charge in [-0.1, -0.05) is 18.2 Å². The molecule has 2 aromatic rings. The van der Waals surface area contributed by atoms with Crippen molar-refractivity contribution < 1.29 is 4.42 Å². The highest BCUT2D eigenvalue weighted by molar-refractivity contribution is 5.35. The first kappa shape index (κ1) is 12.5. The van der Waals surface area contributed by atoms with E-state index in [4.69, 9.17) is 10.2 Å². The van der Waals surface area contributed by atoms with Crippen molar-refractivity contribution in [3.63, 3.8) is 0 Å². The van der Waals surface area contributed by atoms with Crippen LogP contribution in [0.1, 0.15) is 47.8 Å². The summed E-state index contributed by atoms with van der Waals surface area (Å²) in [6.45, 7) is 0. The normalized spacial score (nSPS) is 16.1. The summed E-state index contributed by atoms with van der Waals surface area (Å²) in [4.78, 5) is 0. The summed E-state index contributed by atoms with van der Waals surface area (Å²) in [5.74, 6) is 1.02. The van der Waals surface area contributed by atoms with Gasteiger partial charge in [-0.15, -0.1) is 0 Å². The summed E-state index contributed by atoms with van der Waals surface area (Å²) in [5, 5.41) is 0. The van der Waals surface area contributed by atoms with E-state index in [1.54, 1.807) is 6.26 Å². The molecule has 2 nitrogen and oxygen atoms in total. The van der Waals surface area contributed by atoms with Crippen molar-refractivity contribution in [3.05, 3.63) is 59.0 Å². The van der Waals surface area contributed by atoms with Gasteiger partial charge in [0.25, 0.3) is 0 Å². The lowest BCUT2D eigenvalue weighted by Crippen LogP contribution is -2.13. The van der Waals surface area contributed by atoms with E-state index in [-0.39, 0.29) is 6.04 Å². The van der Waals surface area contributed by atoms with E-state index in [1.165, 1.54) is 42.4 Å². The second-order valence-electron chi connectivity index (χ2n) is 5.46. The van der Waals surface area contributed by atoms with Gasteiger partial charge in [-0.05, 0) is 60.9 Å². The zero-order valence-electron chi connectivity index (χ0n) is 11.3. The van der Waals surface area contributed by atoms with Gasteiger partial charge in [-0.2, -0.15) is 0 Å². The average molecular weight is 255 g/mol. The Morgan fingerprint density at radius 2 is 1.95 bits per heavy atom. The molecule has 0 saturated carbocycles. The fourth-order valence-electron chi connectivity index (χ4n) is 2.90. The van der Waals surface area contributed by atoms with Crippen molar-refractivity contribution in [1.29, 1.82) is 0 Å². The number of benzene rings is 1. The fraction of sp³-hybridized carbons (Fsp3) is 0.412. The van der Waals surface area contributed by atoms with Crippen molar-refractivity contribution >= 4 is 0 Å². The molecule has 0 bridgehead atoms. The van der Waals surface area contributed by atoms with Crippen LogP contribution in [0.5, 0.6) is 0 Å². The Balaban J connectivity index is 1.67. The Morgan fingerprint density at radius 3 is 2.74 bits per heavy atom. The van der Waals surface area contributed by atoms with Crippen molar-refractivity contribution in [3.8, 4) is 0 Å². The third-order valence-corrected chi connectivity index (χ3v) is 4.08. The molecular formula is C17H21NO. The SMILES string of the molecule is NC(CCc1ccco1)c1ccc2c(c1)CCCC2. The Kier molecular flexibility index (Phi) is 3.69. The van der Waals surface area contributed by atoms with Gasteiger partial charge in [0, 0.05) is 12.5 Å². The first-order valence-electron chi connectivity index (χ1n) is 7.22. The number of fused-ring (bicyclic) bond motifs is 1. The Hall–Kier alpha value is -1.54.